The third-order valence-electron chi connectivity index (χ3n) is 3.58. The van der Waals surface area contributed by atoms with E-state index in [1.54, 1.807) is 26.0 Å². The minimum absolute atomic E-state index is 0.682. The Bertz CT molecular complexity index is 833. The Morgan fingerprint density at radius 2 is 1.96 bits per heavy atom. The predicted molar refractivity (Wildman–Crippen MR) is 95.7 cm³/mol. The quantitative estimate of drug-likeness (QED) is 0.684. The van der Waals surface area contributed by atoms with Crippen LogP contribution in [0.5, 0.6) is 11.5 Å². The second-order valence-corrected chi connectivity index (χ2v) is 6.25. The maximum Gasteiger partial charge on any atom is 0.209 e. The van der Waals surface area contributed by atoms with E-state index >= 15 is 0 Å². The van der Waals surface area contributed by atoms with Crippen molar-refractivity contribution in [2.75, 3.05) is 14.2 Å². The first-order valence-electron chi connectivity index (χ1n) is 7.52. The number of nitrogens with zero attached hydrogens (tertiary/aromatic N) is 2. The summed E-state index contributed by atoms with van der Waals surface area (Å²) in [4.78, 5) is 4.56. The fraction of sp³-hybridized carbons (Fsp3) is 0.222. The average Bonchev–Trinajstić information content (AvgIpc) is 3.08. The molecule has 0 amide bonds. The maximum absolute atomic E-state index is 5.42. The summed E-state index contributed by atoms with van der Waals surface area (Å²) in [6.07, 6.45) is 0. The predicted octanol–water partition coefficient (Wildman–Crippen LogP) is 4.09. The van der Waals surface area contributed by atoms with Gasteiger partial charge in [0.25, 0.3) is 0 Å². The average molecular weight is 341 g/mol. The van der Waals surface area contributed by atoms with Crippen molar-refractivity contribution in [1.29, 1.82) is 0 Å². The molecule has 0 bridgehead atoms. The summed E-state index contributed by atoms with van der Waals surface area (Å²) >= 11 is 1.60. The van der Waals surface area contributed by atoms with Crippen LogP contribution in [0.2, 0.25) is 0 Å². The van der Waals surface area contributed by atoms with Gasteiger partial charge in [-0.2, -0.15) is 0 Å². The second-order valence-electron chi connectivity index (χ2n) is 5.31. The molecule has 0 spiro atoms. The molecule has 0 fully saturated rings. The Kier molecular flexibility index (Phi) is 5.05. The zero-order chi connectivity index (χ0) is 16.9. The van der Waals surface area contributed by atoms with Gasteiger partial charge in [0.15, 0.2) is 5.82 Å². The van der Waals surface area contributed by atoms with Gasteiger partial charge >= 0.3 is 0 Å². The third kappa shape index (κ3) is 3.71. The molecule has 0 atom stereocenters. The molecule has 1 aromatic heterocycles. The number of aryl methyl sites for hydroxylation is 1. The highest BCUT2D eigenvalue weighted by atomic mass is 32.2. The number of methoxy groups -OCH3 is 2. The van der Waals surface area contributed by atoms with Gasteiger partial charge in [-0.15, -0.1) is 5.10 Å². The Balaban J connectivity index is 1.76. The summed E-state index contributed by atoms with van der Waals surface area (Å²) in [6.45, 7) is 2.09. The van der Waals surface area contributed by atoms with Crippen LogP contribution in [-0.4, -0.2) is 29.4 Å². The molecule has 0 aliphatic rings. The van der Waals surface area contributed by atoms with Gasteiger partial charge < -0.3 is 9.47 Å². The number of nitrogens with one attached hydrogen (secondary N) is 1. The van der Waals surface area contributed by atoms with Gasteiger partial charge in [0.1, 0.15) is 11.5 Å². The molecule has 1 N–H and O–H groups in total. The van der Waals surface area contributed by atoms with Crippen LogP contribution >= 0.6 is 11.8 Å². The molecule has 5 nitrogen and oxygen atoms in total. The van der Waals surface area contributed by atoms with Gasteiger partial charge in [0.05, 0.1) is 19.8 Å². The van der Waals surface area contributed by atoms with E-state index in [9.17, 15) is 0 Å². The normalized spacial score (nSPS) is 10.6. The number of hydrogen-bond donors (Lipinski definition) is 1. The van der Waals surface area contributed by atoms with E-state index in [-0.39, 0.29) is 0 Å². The molecule has 3 rings (SSSR count). The molecule has 0 saturated carbocycles. The number of H-pyrrole nitrogens is 1. The van der Waals surface area contributed by atoms with Crippen LogP contribution in [0.1, 0.15) is 11.1 Å². The highest BCUT2D eigenvalue weighted by molar-refractivity contribution is 7.98. The van der Waals surface area contributed by atoms with Crippen molar-refractivity contribution >= 4 is 11.8 Å². The van der Waals surface area contributed by atoms with E-state index in [2.05, 4.69) is 46.4 Å². The van der Waals surface area contributed by atoms with Crippen molar-refractivity contribution in [3.63, 3.8) is 0 Å². The lowest BCUT2D eigenvalue weighted by Crippen LogP contribution is -1.91. The van der Waals surface area contributed by atoms with Gasteiger partial charge in [-0.1, -0.05) is 41.6 Å². The van der Waals surface area contributed by atoms with Crippen LogP contribution in [0, 0.1) is 6.92 Å². The van der Waals surface area contributed by atoms with Crippen molar-refractivity contribution in [3.8, 4) is 22.9 Å². The summed E-state index contributed by atoms with van der Waals surface area (Å²) in [6, 6.07) is 14.1. The number of rotatable bonds is 6. The largest absolute Gasteiger partial charge is 0.497 e. The highest BCUT2D eigenvalue weighted by Crippen LogP contribution is 2.32. The lowest BCUT2D eigenvalue weighted by molar-refractivity contribution is 0.395. The summed E-state index contributed by atoms with van der Waals surface area (Å²) in [5.41, 5.74) is 3.37. The van der Waals surface area contributed by atoms with E-state index in [4.69, 9.17) is 9.47 Å². The highest BCUT2D eigenvalue weighted by Gasteiger charge is 2.12. The molecule has 0 radical (unpaired) electrons. The summed E-state index contributed by atoms with van der Waals surface area (Å²) in [7, 11) is 3.25. The molecule has 0 saturated heterocycles. The molecule has 2 aromatic carbocycles. The molecule has 0 unspecified atom stereocenters. The van der Waals surface area contributed by atoms with Crippen LogP contribution in [0.15, 0.2) is 47.6 Å². The Morgan fingerprint density at radius 3 is 2.71 bits per heavy atom. The van der Waals surface area contributed by atoms with E-state index in [1.165, 1.54) is 11.1 Å². The smallest absolute Gasteiger partial charge is 0.209 e. The first-order chi connectivity index (χ1) is 11.7. The van der Waals surface area contributed by atoms with Crippen molar-refractivity contribution in [3.05, 3.63) is 53.6 Å². The topological polar surface area (TPSA) is 60.0 Å². The summed E-state index contributed by atoms with van der Waals surface area (Å²) < 4.78 is 10.6. The number of thioether (sulfide) groups is 1. The first-order valence-corrected chi connectivity index (χ1v) is 8.51. The minimum Gasteiger partial charge on any atom is -0.497 e. The molecule has 124 valence electrons. The number of hydrogen-bond acceptors (Lipinski definition) is 5. The van der Waals surface area contributed by atoms with E-state index < -0.39 is 0 Å². The lowest BCUT2D eigenvalue weighted by Gasteiger charge is -2.07. The summed E-state index contributed by atoms with van der Waals surface area (Å²) in [5.74, 6) is 2.95. The second kappa shape index (κ2) is 7.40. The number of aromatic nitrogens is 3. The zero-order valence-corrected chi connectivity index (χ0v) is 14.7. The van der Waals surface area contributed by atoms with Crippen LogP contribution in [0.3, 0.4) is 0 Å². The lowest BCUT2D eigenvalue weighted by atomic mass is 10.2. The van der Waals surface area contributed by atoms with Gasteiger partial charge in [0.2, 0.25) is 5.16 Å². The molecular formula is C18H19N3O2S. The molecule has 1 heterocycles. The van der Waals surface area contributed by atoms with E-state index in [0.29, 0.717) is 16.7 Å². The molecule has 3 aromatic rings. The molecule has 0 aliphatic carbocycles. The Labute approximate surface area is 145 Å². The maximum atomic E-state index is 5.42. The van der Waals surface area contributed by atoms with Gasteiger partial charge in [-0.05, 0) is 24.6 Å². The van der Waals surface area contributed by atoms with Crippen LogP contribution < -0.4 is 9.47 Å². The van der Waals surface area contributed by atoms with Crippen molar-refractivity contribution in [2.45, 2.75) is 17.8 Å². The first kappa shape index (κ1) is 16.4. The zero-order valence-electron chi connectivity index (χ0n) is 13.9. The van der Waals surface area contributed by atoms with Crippen molar-refractivity contribution in [1.82, 2.24) is 15.2 Å². The minimum atomic E-state index is 0.682. The Hall–Kier alpha value is -2.47. The van der Waals surface area contributed by atoms with Crippen LogP contribution in [0.25, 0.3) is 11.4 Å². The van der Waals surface area contributed by atoms with Crippen LogP contribution in [0.4, 0.5) is 0 Å². The SMILES string of the molecule is COc1ccc(-c2nc(SCc3cccc(C)c3)n[nH]2)c(OC)c1. The number of aromatic amines is 1. The molecular weight excluding hydrogens is 322 g/mol. The van der Waals surface area contributed by atoms with Crippen molar-refractivity contribution in [2.24, 2.45) is 0 Å². The van der Waals surface area contributed by atoms with Crippen LogP contribution in [-0.2, 0) is 5.75 Å². The number of benzene rings is 2. The fourth-order valence-corrected chi connectivity index (χ4v) is 3.12. The van der Waals surface area contributed by atoms with Gasteiger partial charge in [-0.3, -0.25) is 5.10 Å². The van der Waals surface area contributed by atoms with E-state index in [0.717, 1.165) is 17.1 Å². The van der Waals surface area contributed by atoms with E-state index in [1.807, 2.05) is 18.2 Å². The third-order valence-corrected chi connectivity index (χ3v) is 4.50. The number of ether oxygens (including phenoxy) is 2. The monoisotopic (exact) mass is 341 g/mol. The standard InChI is InChI=1S/C18H19N3O2S/c1-12-5-4-6-13(9-12)11-24-18-19-17(20-21-18)15-8-7-14(22-2)10-16(15)23-3/h4-10H,11H2,1-3H3,(H,19,20,21). The van der Waals surface area contributed by atoms with Gasteiger partial charge in [0, 0.05) is 11.8 Å². The molecule has 24 heavy (non-hydrogen) atoms. The summed E-state index contributed by atoms with van der Waals surface area (Å²) in [5, 5.41) is 7.98. The van der Waals surface area contributed by atoms with Gasteiger partial charge in [-0.25, -0.2) is 4.98 Å². The fourth-order valence-electron chi connectivity index (χ4n) is 2.38. The molecule has 6 heteroatoms. The van der Waals surface area contributed by atoms with Crippen molar-refractivity contribution < 1.29 is 9.47 Å². The Morgan fingerprint density at radius 1 is 1.08 bits per heavy atom. The molecule has 0 aliphatic heterocycles.